The molecule has 1 saturated heterocycles. The third kappa shape index (κ3) is 3.55. The number of hydrogen-bond donors (Lipinski definition) is 1. The van der Waals surface area contributed by atoms with Crippen LogP contribution >= 0.6 is 12.2 Å². The van der Waals surface area contributed by atoms with Crippen LogP contribution < -0.4 is 4.74 Å². The number of ether oxygens (including phenoxy) is 1. The SMILES string of the molecule is COc1ccc(-c2n[nH]c(=S)n2CC(=O)N2CCCC2c2ccncc2)cc1. The van der Waals surface area contributed by atoms with Crippen molar-refractivity contribution < 1.29 is 9.53 Å². The first-order chi connectivity index (χ1) is 13.7. The predicted octanol–water partition coefficient (Wildman–Crippen LogP) is 3.37. The summed E-state index contributed by atoms with van der Waals surface area (Å²) in [6.45, 7) is 0.896. The van der Waals surface area contributed by atoms with Crippen molar-refractivity contribution in [1.29, 1.82) is 0 Å². The van der Waals surface area contributed by atoms with E-state index in [4.69, 9.17) is 17.0 Å². The molecule has 2 aromatic heterocycles. The minimum atomic E-state index is 0.0339. The number of rotatable bonds is 5. The van der Waals surface area contributed by atoms with Gasteiger partial charge < -0.3 is 9.64 Å². The van der Waals surface area contributed by atoms with E-state index in [1.807, 2.05) is 41.3 Å². The summed E-state index contributed by atoms with van der Waals surface area (Å²) >= 11 is 5.38. The molecular weight excluding hydrogens is 374 g/mol. The van der Waals surface area contributed by atoms with Crippen molar-refractivity contribution in [1.82, 2.24) is 24.6 Å². The molecule has 7 nitrogen and oxygen atoms in total. The molecule has 0 spiro atoms. The van der Waals surface area contributed by atoms with E-state index in [-0.39, 0.29) is 18.5 Å². The minimum Gasteiger partial charge on any atom is -0.497 e. The number of amides is 1. The monoisotopic (exact) mass is 395 g/mol. The third-order valence-corrected chi connectivity index (χ3v) is 5.38. The molecule has 8 heteroatoms. The molecule has 0 radical (unpaired) electrons. The zero-order valence-corrected chi connectivity index (χ0v) is 16.4. The Bertz CT molecular complexity index is 1010. The number of benzene rings is 1. The van der Waals surface area contributed by atoms with E-state index >= 15 is 0 Å². The average Bonchev–Trinajstić information content (AvgIpc) is 3.36. The molecule has 3 heterocycles. The smallest absolute Gasteiger partial charge is 0.243 e. The predicted molar refractivity (Wildman–Crippen MR) is 107 cm³/mol. The van der Waals surface area contributed by atoms with Crippen LogP contribution in [0.4, 0.5) is 0 Å². The van der Waals surface area contributed by atoms with Crippen LogP contribution in [-0.2, 0) is 11.3 Å². The number of carbonyl (C=O) groups excluding carboxylic acids is 1. The number of nitrogens with zero attached hydrogens (tertiary/aromatic N) is 4. The molecule has 0 saturated carbocycles. The largest absolute Gasteiger partial charge is 0.497 e. The fourth-order valence-electron chi connectivity index (χ4n) is 3.65. The number of aromatic nitrogens is 4. The van der Waals surface area contributed by atoms with Gasteiger partial charge in [0, 0.05) is 24.5 Å². The van der Waals surface area contributed by atoms with Gasteiger partial charge in [0.2, 0.25) is 5.91 Å². The summed E-state index contributed by atoms with van der Waals surface area (Å²) in [5, 5.41) is 7.13. The molecule has 1 aliphatic rings. The lowest BCUT2D eigenvalue weighted by atomic mass is 10.1. The zero-order valence-electron chi connectivity index (χ0n) is 15.5. The lowest BCUT2D eigenvalue weighted by Crippen LogP contribution is -2.33. The molecule has 1 aromatic carbocycles. The van der Waals surface area contributed by atoms with Crippen LogP contribution in [0.2, 0.25) is 0 Å². The molecule has 1 atom stereocenters. The second-order valence-corrected chi connectivity index (χ2v) is 7.08. The van der Waals surface area contributed by atoms with E-state index in [1.54, 1.807) is 24.1 Å². The van der Waals surface area contributed by atoms with Crippen molar-refractivity contribution in [3.8, 4) is 17.1 Å². The van der Waals surface area contributed by atoms with E-state index < -0.39 is 0 Å². The number of pyridine rings is 1. The van der Waals surface area contributed by atoms with Gasteiger partial charge >= 0.3 is 0 Å². The topological polar surface area (TPSA) is 76.0 Å². The quantitative estimate of drug-likeness (QED) is 0.671. The Morgan fingerprint density at radius 1 is 1.25 bits per heavy atom. The van der Waals surface area contributed by atoms with Gasteiger partial charge in [-0.2, -0.15) is 5.10 Å². The van der Waals surface area contributed by atoms with Crippen molar-refractivity contribution in [3.05, 3.63) is 59.1 Å². The fraction of sp³-hybridized carbons (Fsp3) is 0.300. The molecule has 1 N–H and O–H groups in total. The van der Waals surface area contributed by atoms with Crippen LogP contribution in [0.25, 0.3) is 11.4 Å². The molecule has 0 aliphatic carbocycles. The number of likely N-dealkylation sites (tertiary alicyclic amines) is 1. The first-order valence-electron chi connectivity index (χ1n) is 9.16. The maximum atomic E-state index is 13.1. The van der Waals surface area contributed by atoms with Gasteiger partial charge in [0.05, 0.1) is 13.2 Å². The normalized spacial score (nSPS) is 16.3. The average molecular weight is 395 g/mol. The van der Waals surface area contributed by atoms with Gasteiger partial charge in [-0.05, 0) is 67.0 Å². The van der Waals surface area contributed by atoms with Gasteiger partial charge in [0.1, 0.15) is 12.3 Å². The maximum absolute atomic E-state index is 13.1. The number of carbonyl (C=O) groups is 1. The third-order valence-electron chi connectivity index (χ3n) is 5.06. The number of H-pyrrole nitrogens is 1. The van der Waals surface area contributed by atoms with Crippen LogP contribution in [0.15, 0.2) is 48.8 Å². The summed E-state index contributed by atoms with van der Waals surface area (Å²) in [6, 6.07) is 11.6. The zero-order chi connectivity index (χ0) is 19.5. The van der Waals surface area contributed by atoms with Crippen LogP contribution in [0.3, 0.4) is 0 Å². The van der Waals surface area contributed by atoms with E-state index in [9.17, 15) is 4.79 Å². The van der Waals surface area contributed by atoms with Crippen molar-refractivity contribution in [3.63, 3.8) is 0 Å². The standard InChI is InChI=1S/C20H21N5O2S/c1-27-16-6-4-15(5-7-16)19-22-23-20(28)25(19)13-18(26)24-12-2-3-17(24)14-8-10-21-11-9-14/h4-11,17H,2-3,12-13H2,1H3,(H,23,28). The lowest BCUT2D eigenvalue weighted by Gasteiger charge is -2.25. The number of methoxy groups -OCH3 is 1. The molecule has 28 heavy (non-hydrogen) atoms. The van der Waals surface area contributed by atoms with Crippen LogP contribution in [0.5, 0.6) is 5.75 Å². The van der Waals surface area contributed by atoms with Crippen molar-refractivity contribution in [2.75, 3.05) is 13.7 Å². The Hall–Kier alpha value is -3.00. The summed E-state index contributed by atoms with van der Waals surface area (Å²) in [5.41, 5.74) is 1.99. The van der Waals surface area contributed by atoms with Crippen LogP contribution in [0, 0.1) is 4.77 Å². The van der Waals surface area contributed by atoms with Gasteiger partial charge in [0.25, 0.3) is 0 Å². The molecule has 0 bridgehead atoms. The molecule has 3 aromatic rings. The van der Waals surface area contributed by atoms with Gasteiger partial charge in [0.15, 0.2) is 10.6 Å². The van der Waals surface area contributed by atoms with Crippen molar-refractivity contribution in [2.45, 2.75) is 25.4 Å². The fourth-order valence-corrected chi connectivity index (χ4v) is 3.84. The van der Waals surface area contributed by atoms with Gasteiger partial charge in [-0.1, -0.05) is 0 Å². The molecule has 4 rings (SSSR count). The molecule has 1 unspecified atom stereocenters. The van der Waals surface area contributed by atoms with E-state index in [0.717, 1.165) is 36.3 Å². The van der Waals surface area contributed by atoms with Crippen molar-refractivity contribution >= 4 is 18.1 Å². The molecule has 1 fully saturated rings. The summed E-state index contributed by atoms with van der Waals surface area (Å²) in [5.74, 6) is 1.44. The summed E-state index contributed by atoms with van der Waals surface area (Å²) < 4.78 is 7.39. The Balaban J connectivity index is 1.58. The number of hydrogen-bond acceptors (Lipinski definition) is 5. The summed E-state index contributed by atoms with van der Waals surface area (Å²) in [6.07, 6.45) is 5.48. The van der Waals surface area contributed by atoms with Gasteiger partial charge in [-0.25, -0.2) is 0 Å². The minimum absolute atomic E-state index is 0.0339. The molecule has 1 aliphatic heterocycles. The summed E-state index contributed by atoms with van der Waals surface area (Å²) in [4.78, 5) is 19.1. The van der Waals surface area contributed by atoms with Gasteiger partial charge in [-0.15, -0.1) is 0 Å². The molecule has 1 amide bonds. The van der Waals surface area contributed by atoms with Crippen molar-refractivity contribution in [2.24, 2.45) is 0 Å². The Morgan fingerprint density at radius 2 is 2.00 bits per heavy atom. The molecular formula is C20H21N5O2S. The highest BCUT2D eigenvalue weighted by molar-refractivity contribution is 7.71. The van der Waals surface area contributed by atoms with E-state index in [0.29, 0.717) is 10.6 Å². The lowest BCUT2D eigenvalue weighted by molar-refractivity contribution is -0.132. The van der Waals surface area contributed by atoms with E-state index in [2.05, 4.69) is 15.2 Å². The maximum Gasteiger partial charge on any atom is 0.243 e. The Kier molecular flexibility index (Phi) is 5.21. The highest BCUT2D eigenvalue weighted by Gasteiger charge is 2.30. The second kappa shape index (κ2) is 7.93. The highest BCUT2D eigenvalue weighted by Crippen LogP contribution is 2.32. The first-order valence-corrected chi connectivity index (χ1v) is 9.57. The first kappa shape index (κ1) is 18.4. The Labute approximate surface area is 168 Å². The molecule has 144 valence electrons. The second-order valence-electron chi connectivity index (χ2n) is 6.69. The number of aromatic amines is 1. The van der Waals surface area contributed by atoms with Crippen LogP contribution in [0.1, 0.15) is 24.4 Å². The number of nitrogens with one attached hydrogen (secondary N) is 1. The van der Waals surface area contributed by atoms with E-state index in [1.165, 1.54) is 0 Å². The highest BCUT2D eigenvalue weighted by atomic mass is 32.1. The summed E-state index contributed by atoms with van der Waals surface area (Å²) in [7, 11) is 1.62. The Morgan fingerprint density at radius 3 is 2.71 bits per heavy atom. The van der Waals surface area contributed by atoms with Gasteiger partial charge in [-0.3, -0.25) is 19.4 Å². The van der Waals surface area contributed by atoms with Crippen LogP contribution in [-0.4, -0.2) is 44.2 Å².